The van der Waals surface area contributed by atoms with Crippen LogP contribution in [-0.4, -0.2) is 33.6 Å². The van der Waals surface area contributed by atoms with Gasteiger partial charge in [-0.25, -0.2) is 4.99 Å². The SMILES string of the molecule is C.C.C.CC(=O)CN.CC(=O)CN=C=S.S=C(Cl)Cl. The third kappa shape index (κ3) is 133. The van der Waals surface area contributed by atoms with E-state index in [1.165, 1.54) is 13.8 Å². The number of Topliss-reactive ketones (excluding diaryl/α,β-unsaturated/α-hetero) is 2. The quantitative estimate of drug-likeness (QED) is 0.475. The second-order valence-corrected chi connectivity index (χ2v) is 4.23. The number of carbonyl (C=O) groups is 2. The van der Waals surface area contributed by atoms with E-state index in [1.807, 2.05) is 0 Å². The smallest absolute Gasteiger partial charge is 0.169 e. The zero-order valence-corrected chi connectivity index (χ0v) is 12.0. The van der Waals surface area contributed by atoms with Crippen molar-refractivity contribution in [1.29, 1.82) is 0 Å². The minimum absolute atomic E-state index is 0. The van der Waals surface area contributed by atoms with Crippen LogP contribution in [0.1, 0.15) is 36.1 Å². The molecule has 0 radical (unpaired) electrons. The molecule has 2 N–H and O–H groups in total. The Morgan fingerprint density at radius 2 is 1.42 bits per heavy atom. The molecule has 4 nitrogen and oxygen atoms in total. The predicted octanol–water partition coefficient (Wildman–Crippen LogP) is 3.87. The van der Waals surface area contributed by atoms with Gasteiger partial charge in [0.1, 0.15) is 12.3 Å². The summed E-state index contributed by atoms with van der Waals surface area (Å²) in [7, 11) is 0. The maximum atomic E-state index is 10.0. The molecule has 0 aromatic carbocycles. The monoisotopic (exact) mass is 350 g/mol. The second-order valence-electron chi connectivity index (χ2n) is 2.24. The molecule has 0 aliphatic rings. The van der Waals surface area contributed by atoms with E-state index in [4.69, 9.17) is 28.9 Å². The van der Waals surface area contributed by atoms with Crippen molar-refractivity contribution in [3.63, 3.8) is 0 Å². The van der Waals surface area contributed by atoms with Gasteiger partial charge in [-0.3, -0.25) is 9.59 Å². The zero-order valence-electron chi connectivity index (χ0n) is 8.83. The molecule has 116 valence electrons. The molecule has 19 heavy (non-hydrogen) atoms. The van der Waals surface area contributed by atoms with E-state index >= 15 is 0 Å². The Kier molecular flexibility index (Phi) is 58.6. The van der Waals surface area contributed by atoms with Gasteiger partial charge in [0.25, 0.3) is 0 Å². The number of hydrogen-bond donors (Lipinski definition) is 1. The van der Waals surface area contributed by atoms with Gasteiger partial charge in [-0.2, -0.15) is 0 Å². The van der Waals surface area contributed by atoms with E-state index in [-0.39, 0.29) is 50.7 Å². The molecule has 0 atom stereocenters. The van der Waals surface area contributed by atoms with Gasteiger partial charge < -0.3 is 5.73 Å². The van der Waals surface area contributed by atoms with E-state index in [0.29, 0.717) is 0 Å². The van der Waals surface area contributed by atoms with E-state index in [0.717, 1.165) is 0 Å². The fourth-order valence-corrected chi connectivity index (χ4v) is 0.208. The molecule has 0 rings (SSSR count). The number of halogens is 2. The van der Waals surface area contributed by atoms with Crippen molar-refractivity contribution >= 4 is 68.1 Å². The summed E-state index contributed by atoms with van der Waals surface area (Å²) in [6, 6.07) is 0. The lowest BCUT2D eigenvalue weighted by molar-refractivity contribution is -0.116. The van der Waals surface area contributed by atoms with Gasteiger partial charge in [-0.15, -0.1) is 0 Å². The molecule has 0 unspecified atom stereocenters. The number of ketones is 2. The number of thiocarbonyl (C=S) groups is 2. The van der Waals surface area contributed by atoms with Gasteiger partial charge in [0.2, 0.25) is 0 Å². The zero-order chi connectivity index (χ0) is 13.6. The lowest BCUT2D eigenvalue weighted by Crippen LogP contribution is -2.07. The summed E-state index contributed by atoms with van der Waals surface area (Å²) >= 11 is 17.8. The van der Waals surface area contributed by atoms with Crippen LogP contribution < -0.4 is 5.73 Å². The Morgan fingerprint density at radius 3 is 1.47 bits per heavy atom. The van der Waals surface area contributed by atoms with Crippen LogP contribution in [0.3, 0.4) is 0 Å². The number of isothiocyanates is 1. The van der Waals surface area contributed by atoms with Crippen LogP contribution in [0, 0.1) is 0 Å². The maximum absolute atomic E-state index is 10.0. The first-order chi connectivity index (χ1) is 7.27. The van der Waals surface area contributed by atoms with Crippen molar-refractivity contribution in [1.82, 2.24) is 0 Å². The van der Waals surface area contributed by atoms with Gasteiger partial charge in [0.15, 0.2) is 9.57 Å². The highest BCUT2D eigenvalue weighted by molar-refractivity contribution is 7.86. The van der Waals surface area contributed by atoms with Gasteiger partial charge in [-0.05, 0) is 26.1 Å². The largest absolute Gasteiger partial charge is 0.324 e. The molecule has 0 saturated heterocycles. The molecule has 0 spiro atoms. The summed E-state index contributed by atoms with van der Waals surface area (Å²) in [5, 5.41) is 2.09. The number of nitrogens with zero attached hydrogens (tertiary/aromatic N) is 1. The van der Waals surface area contributed by atoms with E-state index in [1.54, 1.807) is 0 Å². The molecule has 0 saturated carbocycles. The van der Waals surface area contributed by atoms with Crippen LogP contribution in [0.5, 0.6) is 0 Å². The minimum atomic E-state index is -0.0556. The van der Waals surface area contributed by atoms with Crippen molar-refractivity contribution in [3.05, 3.63) is 0 Å². The molecular weight excluding hydrogens is 327 g/mol. The highest BCUT2D eigenvalue weighted by Gasteiger charge is 1.82. The van der Waals surface area contributed by atoms with Crippen LogP contribution in [0.2, 0.25) is 0 Å². The molecule has 0 aliphatic carbocycles. The maximum Gasteiger partial charge on any atom is 0.169 e. The average Bonchev–Trinajstić information content (AvgIpc) is 2.14. The van der Waals surface area contributed by atoms with Gasteiger partial charge in [-0.1, -0.05) is 57.7 Å². The van der Waals surface area contributed by atoms with Crippen LogP contribution >= 0.6 is 47.6 Å². The number of aliphatic imine (C=N–C) groups is 1. The number of hydrogen-bond acceptors (Lipinski definition) is 6. The molecule has 0 aromatic heterocycles. The molecule has 0 amide bonds. The topological polar surface area (TPSA) is 72.5 Å². The molecular formula is C11H24Cl2N2O2S2. The fraction of sp³-hybridized carbons (Fsp3) is 0.636. The summed E-state index contributed by atoms with van der Waals surface area (Å²) in [6.07, 6.45) is 0. The van der Waals surface area contributed by atoms with Crippen LogP contribution in [0.25, 0.3) is 0 Å². The van der Waals surface area contributed by atoms with Crippen molar-refractivity contribution in [2.75, 3.05) is 13.1 Å². The lowest BCUT2D eigenvalue weighted by atomic mass is 10.5. The van der Waals surface area contributed by atoms with Crippen LogP contribution in [0.4, 0.5) is 0 Å². The normalized spacial score (nSPS) is 5.95. The number of carbonyl (C=O) groups excluding carboxylic acids is 2. The van der Waals surface area contributed by atoms with E-state index in [9.17, 15) is 9.59 Å². The van der Waals surface area contributed by atoms with Crippen LogP contribution in [-0.2, 0) is 9.59 Å². The van der Waals surface area contributed by atoms with E-state index in [2.05, 4.69) is 34.6 Å². The summed E-state index contributed by atoms with van der Waals surface area (Å²) in [5.74, 6) is 0.0438. The highest BCUT2D eigenvalue weighted by Crippen LogP contribution is 1.86. The molecule has 0 aliphatic heterocycles. The van der Waals surface area contributed by atoms with Gasteiger partial charge >= 0.3 is 0 Å². The van der Waals surface area contributed by atoms with Crippen molar-refractivity contribution in [3.8, 4) is 0 Å². The Balaban J connectivity index is -0.0000000320. The minimum Gasteiger partial charge on any atom is -0.324 e. The third-order valence-electron chi connectivity index (χ3n) is 0.654. The summed E-state index contributed by atoms with van der Waals surface area (Å²) in [4.78, 5) is 23.1. The molecule has 0 bridgehead atoms. The van der Waals surface area contributed by atoms with Crippen molar-refractivity contribution < 1.29 is 9.59 Å². The molecule has 8 heteroatoms. The Labute approximate surface area is 137 Å². The average molecular weight is 351 g/mol. The van der Waals surface area contributed by atoms with Gasteiger partial charge in [0, 0.05) is 0 Å². The first-order valence-electron chi connectivity index (χ1n) is 3.85. The van der Waals surface area contributed by atoms with Crippen molar-refractivity contribution in [2.45, 2.75) is 36.1 Å². The van der Waals surface area contributed by atoms with Crippen LogP contribution in [0.15, 0.2) is 4.99 Å². The summed E-state index contributed by atoms with van der Waals surface area (Å²) in [5.41, 5.74) is 4.82. The number of rotatable bonds is 3. The predicted molar refractivity (Wildman–Crippen MR) is 94.8 cm³/mol. The molecule has 0 aromatic rings. The third-order valence-corrected chi connectivity index (χ3v) is 0.783. The Bertz CT molecular complexity index is 278. The Morgan fingerprint density at radius 1 is 1.16 bits per heavy atom. The fourth-order valence-electron chi connectivity index (χ4n) is 0.144. The summed E-state index contributed by atoms with van der Waals surface area (Å²) in [6.45, 7) is 3.25. The Hall–Kier alpha value is -0.230. The summed E-state index contributed by atoms with van der Waals surface area (Å²) < 4.78 is -0.0556. The molecule has 0 fully saturated rings. The lowest BCUT2D eigenvalue weighted by Gasteiger charge is -1.75. The van der Waals surface area contributed by atoms with E-state index < -0.39 is 0 Å². The van der Waals surface area contributed by atoms with Crippen molar-refractivity contribution in [2.24, 2.45) is 10.7 Å². The number of nitrogens with two attached hydrogens (primary N) is 1. The molecule has 0 heterocycles. The highest BCUT2D eigenvalue weighted by atomic mass is 35.5. The second kappa shape index (κ2) is 30.6. The standard InChI is InChI=1S/C4H5NOS.C3H7NO.CCl2S.3CH4/c1-4(6)2-5-3-7;1-3(5)2-4;2-1(3)4;;;/h2H2,1H3;2,4H2,1H3;;3*1H4. The first-order valence-corrected chi connectivity index (χ1v) is 5.42. The van der Waals surface area contributed by atoms with Gasteiger partial charge in [0.05, 0.1) is 11.7 Å². The first kappa shape index (κ1) is 36.3.